The van der Waals surface area contributed by atoms with Crippen LogP contribution in [0.25, 0.3) is 11.3 Å². The molecule has 0 unspecified atom stereocenters. The lowest BCUT2D eigenvalue weighted by atomic mass is 9.86. The van der Waals surface area contributed by atoms with Crippen LogP contribution < -0.4 is 4.18 Å². The smallest absolute Gasteiger partial charge is 0.376 e. The second-order valence-corrected chi connectivity index (χ2v) is 7.73. The molecule has 0 aliphatic carbocycles. The fourth-order valence-corrected chi connectivity index (χ4v) is 2.39. The van der Waals surface area contributed by atoms with Gasteiger partial charge in [-0.2, -0.15) is 21.6 Å². The van der Waals surface area contributed by atoms with E-state index in [0.29, 0.717) is 11.3 Å². The summed E-state index contributed by atoms with van der Waals surface area (Å²) in [5.41, 5.74) is -3.50. The summed E-state index contributed by atoms with van der Waals surface area (Å²) in [6.07, 6.45) is 1.19. The number of benzene rings is 1. The Morgan fingerprint density at radius 3 is 2.08 bits per heavy atom. The summed E-state index contributed by atoms with van der Waals surface area (Å²) in [4.78, 5) is 4.04. The first kappa shape index (κ1) is 18.3. The van der Waals surface area contributed by atoms with E-state index in [1.54, 1.807) is 12.1 Å². The van der Waals surface area contributed by atoms with Gasteiger partial charge in [0.1, 0.15) is 5.75 Å². The minimum atomic E-state index is -5.70. The molecular formula is C16H16F3NO3S. The Morgan fingerprint density at radius 1 is 1.00 bits per heavy atom. The van der Waals surface area contributed by atoms with E-state index in [0.717, 1.165) is 17.7 Å². The largest absolute Gasteiger partial charge is 0.534 e. The van der Waals surface area contributed by atoms with Crippen LogP contribution in [0, 0.1) is 0 Å². The maximum absolute atomic E-state index is 12.4. The summed E-state index contributed by atoms with van der Waals surface area (Å²) in [7, 11) is -5.70. The lowest BCUT2D eigenvalue weighted by molar-refractivity contribution is -0.0500. The molecule has 0 fully saturated rings. The number of hydrogen-bond acceptors (Lipinski definition) is 4. The molecule has 2 rings (SSSR count). The predicted molar refractivity (Wildman–Crippen MR) is 84.0 cm³/mol. The van der Waals surface area contributed by atoms with Gasteiger partial charge in [-0.05, 0) is 11.0 Å². The zero-order chi connectivity index (χ0) is 18.2. The molecule has 1 aromatic heterocycles. The third kappa shape index (κ3) is 4.05. The molecule has 4 nitrogen and oxygen atoms in total. The van der Waals surface area contributed by atoms with Crippen molar-refractivity contribution in [3.8, 4) is 17.0 Å². The van der Waals surface area contributed by atoms with Crippen LogP contribution >= 0.6 is 0 Å². The predicted octanol–water partition coefficient (Wildman–Crippen LogP) is 4.27. The number of aromatic nitrogens is 1. The van der Waals surface area contributed by atoms with Gasteiger partial charge in [-0.3, -0.25) is 4.98 Å². The zero-order valence-corrected chi connectivity index (χ0v) is 14.1. The highest BCUT2D eigenvalue weighted by atomic mass is 32.2. The van der Waals surface area contributed by atoms with E-state index < -0.39 is 21.4 Å². The molecule has 0 N–H and O–H groups in total. The summed E-state index contributed by atoms with van der Waals surface area (Å²) >= 11 is 0. The molecule has 0 amide bonds. The number of nitrogens with zero attached hydrogens (tertiary/aromatic N) is 1. The molecule has 0 bridgehead atoms. The Kier molecular flexibility index (Phi) is 4.63. The van der Waals surface area contributed by atoms with Crippen molar-refractivity contribution in [1.82, 2.24) is 4.98 Å². The summed E-state index contributed by atoms with van der Waals surface area (Å²) < 4.78 is 63.3. The van der Waals surface area contributed by atoms with Crippen molar-refractivity contribution in [2.45, 2.75) is 31.7 Å². The van der Waals surface area contributed by atoms with Gasteiger partial charge in [0.05, 0.1) is 5.69 Å². The highest BCUT2D eigenvalue weighted by Crippen LogP contribution is 2.30. The van der Waals surface area contributed by atoms with E-state index in [1.807, 2.05) is 12.1 Å². The SMILES string of the molecule is CC(C)(C)c1ccc(-c2cc(OS(=O)(=O)C(F)(F)F)ccn2)cc1. The van der Waals surface area contributed by atoms with E-state index >= 15 is 0 Å². The normalized spacial score (nSPS) is 12.9. The molecule has 8 heteroatoms. The van der Waals surface area contributed by atoms with Crippen molar-refractivity contribution >= 4 is 10.1 Å². The molecule has 130 valence electrons. The van der Waals surface area contributed by atoms with Gasteiger partial charge in [-0.15, -0.1) is 0 Å². The van der Waals surface area contributed by atoms with Crippen LogP contribution in [0.5, 0.6) is 5.75 Å². The van der Waals surface area contributed by atoms with Crippen LogP contribution in [0.1, 0.15) is 26.3 Å². The van der Waals surface area contributed by atoms with E-state index in [4.69, 9.17) is 0 Å². The fourth-order valence-electron chi connectivity index (χ4n) is 1.94. The summed E-state index contributed by atoms with van der Waals surface area (Å²) in [5, 5.41) is 0. The molecule has 0 radical (unpaired) electrons. The number of hydrogen-bond donors (Lipinski definition) is 0. The van der Waals surface area contributed by atoms with E-state index in [2.05, 4.69) is 29.9 Å². The third-order valence-electron chi connectivity index (χ3n) is 3.27. The van der Waals surface area contributed by atoms with Gasteiger partial charge in [-0.1, -0.05) is 45.0 Å². The van der Waals surface area contributed by atoms with Gasteiger partial charge in [0.2, 0.25) is 0 Å². The molecule has 0 aliphatic rings. The van der Waals surface area contributed by atoms with Gasteiger partial charge in [-0.25, -0.2) is 0 Å². The monoisotopic (exact) mass is 359 g/mol. The Hall–Kier alpha value is -2.09. The summed E-state index contributed by atoms with van der Waals surface area (Å²) in [5.74, 6) is -0.447. The van der Waals surface area contributed by atoms with Crippen molar-refractivity contribution in [2.75, 3.05) is 0 Å². The maximum Gasteiger partial charge on any atom is 0.534 e. The third-order valence-corrected chi connectivity index (χ3v) is 4.25. The number of halogens is 3. The second kappa shape index (κ2) is 6.08. The Bertz CT molecular complexity index is 823. The Labute approximate surface area is 138 Å². The average Bonchev–Trinajstić information content (AvgIpc) is 2.45. The van der Waals surface area contributed by atoms with Crippen LogP contribution in [-0.2, 0) is 15.5 Å². The van der Waals surface area contributed by atoms with Crippen molar-refractivity contribution < 1.29 is 25.8 Å². The number of alkyl halides is 3. The molecule has 1 heterocycles. The van der Waals surface area contributed by atoms with Gasteiger partial charge in [0, 0.05) is 23.9 Å². The first-order chi connectivity index (χ1) is 10.9. The molecule has 0 aliphatic heterocycles. The van der Waals surface area contributed by atoms with Gasteiger partial charge < -0.3 is 4.18 Å². The molecular weight excluding hydrogens is 343 g/mol. The van der Waals surface area contributed by atoms with Crippen LogP contribution in [0.2, 0.25) is 0 Å². The number of pyridine rings is 1. The van der Waals surface area contributed by atoms with E-state index in [1.165, 1.54) is 6.20 Å². The van der Waals surface area contributed by atoms with E-state index in [9.17, 15) is 21.6 Å². The highest BCUT2D eigenvalue weighted by molar-refractivity contribution is 7.88. The number of rotatable bonds is 3. The van der Waals surface area contributed by atoms with Crippen molar-refractivity contribution in [1.29, 1.82) is 0 Å². The van der Waals surface area contributed by atoms with Crippen molar-refractivity contribution in [2.24, 2.45) is 0 Å². The average molecular weight is 359 g/mol. The minimum absolute atomic E-state index is 0.0439. The first-order valence-corrected chi connectivity index (χ1v) is 8.39. The van der Waals surface area contributed by atoms with Gasteiger partial charge in [0.15, 0.2) is 0 Å². The zero-order valence-electron chi connectivity index (χ0n) is 13.3. The van der Waals surface area contributed by atoms with Crippen LogP contribution in [-0.4, -0.2) is 18.9 Å². The molecule has 0 atom stereocenters. The molecule has 1 aromatic carbocycles. The molecule has 0 saturated carbocycles. The van der Waals surface area contributed by atoms with E-state index in [-0.39, 0.29) is 5.41 Å². The molecule has 0 spiro atoms. The van der Waals surface area contributed by atoms with Crippen molar-refractivity contribution in [3.05, 3.63) is 48.2 Å². The van der Waals surface area contributed by atoms with Crippen LogP contribution in [0.3, 0.4) is 0 Å². The summed E-state index contributed by atoms with van der Waals surface area (Å²) in [6.45, 7) is 6.16. The fraction of sp³-hybridized carbons (Fsp3) is 0.312. The maximum atomic E-state index is 12.4. The standard InChI is InChI=1S/C16H16F3NO3S/c1-15(2,3)12-6-4-11(5-7-12)14-10-13(8-9-20-14)23-24(21,22)16(17,18)19/h4-10H,1-3H3. The minimum Gasteiger partial charge on any atom is -0.376 e. The summed E-state index contributed by atoms with van der Waals surface area (Å²) in [6, 6.07) is 9.51. The quantitative estimate of drug-likeness (QED) is 0.606. The Morgan fingerprint density at radius 2 is 1.58 bits per heavy atom. The van der Waals surface area contributed by atoms with Gasteiger partial charge >= 0.3 is 15.6 Å². The lowest BCUT2D eigenvalue weighted by Crippen LogP contribution is -2.28. The molecule has 2 aromatic rings. The topological polar surface area (TPSA) is 56.3 Å². The second-order valence-electron chi connectivity index (χ2n) is 6.19. The van der Waals surface area contributed by atoms with Crippen molar-refractivity contribution in [3.63, 3.8) is 0 Å². The highest BCUT2D eigenvalue weighted by Gasteiger charge is 2.48. The lowest BCUT2D eigenvalue weighted by Gasteiger charge is -2.19. The molecule has 0 saturated heterocycles. The van der Waals surface area contributed by atoms with Crippen LogP contribution in [0.15, 0.2) is 42.6 Å². The molecule has 24 heavy (non-hydrogen) atoms. The first-order valence-electron chi connectivity index (χ1n) is 6.98. The van der Waals surface area contributed by atoms with Crippen LogP contribution in [0.4, 0.5) is 13.2 Å². The van der Waals surface area contributed by atoms with Gasteiger partial charge in [0.25, 0.3) is 0 Å². The Balaban J connectivity index is 2.31.